The van der Waals surface area contributed by atoms with Gasteiger partial charge in [-0.2, -0.15) is 0 Å². The van der Waals surface area contributed by atoms with Crippen molar-refractivity contribution in [3.8, 4) is 0 Å². The van der Waals surface area contributed by atoms with Gasteiger partial charge in [0.05, 0.1) is 0 Å². The zero-order valence-electron chi connectivity index (χ0n) is 14.1. The summed E-state index contributed by atoms with van der Waals surface area (Å²) in [6, 6.07) is 0.628. The van der Waals surface area contributed by atoms with E-state index in [0.29, 0.717) is 6.04 Å². The van der Waals surface area contributed by atoms with E-state index in [1.54, 1.807) is 0 Å². The zero-order chi connectivity index (χ0) is 14.6. The molecule has 19 heavy (non-hydrogen) atoms. The van der Waals surface area contributed by atoms with Gasteiger partial charge in [0.25, 0.3) is 0 Å². The SMILES string of the molecule is CC(C)CC(C)N(C)C1(CN)CCCCC1C(C)C. The highest BCUT2D eigenvalue weighted by molar-refractivity contribution is 5.01. The predicted octanol–water partition coefficient (Wildman–Crippen LogP) is 3.90. The highest BCUT2D eigenvalue weighted by atomic mass is 15.2. The summed E-state index contributed by atoms with van der Waals surface area (Å²) in [4.78, 5) is 2.64. The van der Waals surface area contributed by atoms with Crippen molar-refractivity contribution in [2.75, 3.05) is 13.6 Å². The van der Waals surface area contributed by atoms with Crippen molar-refractivity contribution in [3.05, 3.63) is 0 Å². The minimum absolute atomic E-state index is 0.237. The molecule has 0 heterocycles. The second-order valence-corrected chi connectivity index (χ2v) is 7.49. The van der Waals surface area contributed by atoms with E-state index in [0.717, 1.165) is 24.3 Å². The Morgan fingerprint density at radius 1 is 1.16 bits per heavy atom. The van der Waals surface area contributed by atoms with Crippen LogP contribution in [0, 0.1) is 17.8 Å². The van der Waals surface area contributed by atoms with E-state index in [1.165, 1.54) is 32.1 Å². The van der Waals surface area contributed by atoms with Crippen LogP contribution in [-0.2, 0) is 0 Å². The van der Waals surface area contributed by atoms with Crippen molar-refractivity contribution in [3.63, 3.8) is 0 Å². The molecule has 0 aliphatic heterocycles. The Kier molecular flexibility index (Phi) is 6.32. The number of nitrogens with zero attached hydrogens (tertiary/aromatic N) is 1. The van der Waals surface area contributed by atoms with E-state index in [2.05, 4.69) is 46.6 Å². The first-order valence-electron chi connectivity index (χ1n) is 8.28. The lowest BCUT2D eigenvalue weighted by Crippen LogP contribution is -2.62. The van der Waals surface area contributed by atoms with E-state index in [-0.39, 0.29) is 5.54 Å². The van der Waals surface area contributed by atoms with Crippen LogP contribution in [0.2, 0.25) is 0 Å². The Labute approximate surface area is 121 Å². The maximum Gasteiger partial charge on any atom is 0.0362 e. The molecule has 0 spiro atoms. The summed E-state index contributed by atoms with van der Waals surface area (Å²) in [6.07, 6.45) is 6.64. The molecular weight excluding hydrogens is 232 g/mol. The van der Waals surface area contributed by atoms with Gasteiger partial charge in [0.2, 0.25) is 0 Å². The van der Waals surface area contributed by atoms with Crippen molar-refractivity contribution in [1.29, 1.82) is 0 Å². The minimum Gasteiger partial charge on any atom is -0.329 e. The number of likely N-dealkylation sites (N-methyl/N-ethyl adjacent to an activating group) is 1. The van der Waals surface area contributed by atoms with E-state index in [9.17, 15) is 0 Å². The molecule has 1 aliphatic rings. The molecule has 0 aromatic carbocycles. The zero-order valence-corrected chi connectivity index (χ0v) is 14.1. The van der Waals surface area contributed by atoms with Crippen LogP contribution in [-0.4, -0.2) is 30.1 Å². The third-order valence-electron chi connectivity index (χ3n) is 5.40. The van der Waals surface area contributed by atoms with Crippen LogP contribution in [0.4, 0.5) is 0 Å². The molecule has 1 aliphatic carbocycles. The number of hydrogen-bond donors (Lipinski definition) is 1. The molecule has 0 saturated heterocycles. The fourth-order valence-corrected chi connectivity index (χ4v) is 4.32. The van der Waals surface area contributed by atoms with Gasteiger partial charge >= 0.3 is 0 Å². The number of hydrogen-bond acceptors (Lipinski definition) is 2. The van der Waals surface area contributed by atoms with Gasteiger partial charge in [-0.05, 0) is 51.0 Å². The smallest absolute Gasteiger partial charge is 0.0362 e. The van der Waals surface area contributed by atoms with Gasteiger partial charge in [-0.25, -0.2) is 0 Å². The molecule has 0 amide bonds. The quantitative estimate of drug-likeness (QED) is 0.791. The molecule has 1 saturated carbocycles. The summed E-state index contributed by atoms with van der Waals surface area (Å²) in [5, 5.41) is 0. The standard InChI is InChI=1S/C17H36N2/c1-13(2)11-15(5)19(6)17(12-18)10-8-7-9-16(17)14(3)4/h13-16H,7-12,18H2,1-6H3. The molecule has 0 aromatic heterocycles. The average Bonchev–Trinajstić information content (AvgIpc) is 2.36. The summed E-state index contributed by atoms with van der Waals surface area (Å²) in [6.45, 7) is 12.6. The highest BCUT2D eigenvalue weighted by Gasteiger charge is 2.45. The first-order valence-corrected chi connectivity index (χ1v) is 8.28. The molecule has 2 nitrogen and oxygen atoms in total. The van der Waals surface area contributed by atoms with Gasteiger partial charge in [-0.1, -0.05) is 40.5 Å². The molecule has 0 aromatic rings. The van der Waals surface area contributed by atoms with Crippen molar-refractivity contribution < 1.29 is 0 Å². The van der Waals surface area contributed by atoms with Crippen molar-refractivity contribution in [2.45, 2.75) is 78.3 Å². The fourth-order valence-electron chi connectivity index (χ4n) is 4.32. The van der Waals surface area contributed by atoms with E-state index < -0.39 is 0 Å². The third-order valence-corrected chi connectivity index (χ3v) is 5.40. The third kappa shape index (κ3) is 3.72. The molecule has 0 bridgehead atoms. The van der Waals surface area contributed by atoms with Crippen LogP contribution < -0.4 is 5.73 Å². The fraction of sp³-hybridized carbons (Fsp3) is 1.00. The first-order chi connectivity index (χ1) is 8.85. The highest BCUT2D eigenvalue weighted by Crippen LogP contribution is 2.42. The molecular formula is C17H36N2. The van der Waals surface area contributed by atoms with E-state index in [1.807, 2.05) is 0 Å². The summed E-state index contributed by atoms with van der Waals surface area (Å²) in [5.74, 6) is 2.25. The Morgan fingerprint density at radius 3 is 2.26 bits per heavy atom. The summed E-state index contributed by atoms with van der Waals surface area (Å²) in [5.41, 5.74) is 6.53. The number of rotatable bonds is 6. The van der Waals surface area contributed by atoms with Crippen LogP contribution in [0.3, 0.4) is 0 Å². The summed E-state index contributed by atoms with van der Waals surface area (Å²) in [7, 11) is 2.32. The molecule has 2 heteroatoms. The van der Waals surface area contributed by atoms with Gasteiger partial charge in [0, 0.05) is 18.1 Å². The normalized spacial score (nSPS) is 30.3. The van der Waals surface area contributed by atoms with Gasteiger partial charge in [0.1, 0.15) is 0 Å². The van der Waals surface area contributed by atoms with Gasteiger partial charge in [0.15, 0.2) is 0 Å². The maximum atomic E-state index is 6.29. The van der Waals surface area contributed by atoms with Crippen LogP contribution in [0.25, 0.3) is 0 Å². The first kappa shape index (κ1) is 17.0. The maximum absolute atomic E-state index is 6.29. The average molecular weight is 268 g/mol. The Hall–Kier alpha value is -0.0800. The number of nitrogens with two attached hydrogens (primary N) is 1. The monoisotopic (exact) mass is 268 g/mol. The van der Waals surface area contributed by atoms with Gasteiger partial charge in [-0.3, -0.25) is 4.90 Å². The summed E-state index contributed by atoms with van der Waals surface area (Å²) < 4.78 is 0. The van der Waals surface area contributed by atoms with Gasteiger partial charge < -0.3 is 5.73 Å². The lowest BCUT2D eigenvalue weighted by molar-refractivity contribution is -0.0230. The lowest BCUT2D eigenvalue weighted by Gasteiger charge is -2.53. The largest absolute Gasteiger partial charge is 0.329 e. The molecule has 1 fully saturated rings. The molecule has 0 radical (unpaired) electrons. The Balaban J connectivity index is 2.92. The topological polar surface area (TPSA) is 29.3 Å². The van der Waals surface area contributed by atoms with E-state index in [4.69, 9.17) is 5.73 Å². The van der Waals surface area contributed by atoms with Crippen molar-refractivity contribution >= 4 is 0 Å². The molecule has 1 rings (SSSR count). The Bertz CT molecular complexity index is 262. The second kappa shape index (κ2) is 7.08. The molecule has 3 unspecified atom stereocenters. The molecule has 114 valence electrons. The van der Waals surface area contributed by atoms with Crippen molar-refractivity contribution in [2.24, 2.45) is 23.5 Å². The van der Waals surface area contributed by atoms with Crippen LogP contribution in [0.15, 0.2) is 0 Å². The Morgan fingerprint density at radius 2 is 1.79 bits per heavy atom. The molecule has 3 atom stereocenters. The van der Waals surface area contributed by atoms with Crippen LogP contribution in [0.1, 0.15) is 66.7 Å². The van der Waals surface area contributed by atoms with Crippen LogP contribution in [0.5, 0.6) is 0 Å². The molecule has 2 N–H and O–H groups in total. The predicted molar refractivity (Wildman–Crippen MR) is 85.3 cm³/mol. The van der Waals surface area contributed by atoms with Crippen molar-refractivity contribution in [1.82, 2.24) is 4.90 Å². The summed E-state index contributed by atoms with van der Waals surface area (Å²) >= 11 is 0. The van der Waals surface area contributed by atoms with E-state index >= 15 is 0 Å². The van der Waals surface area contributed by atoms with Crippen LogP contribution >= 0.6 is 0 Å². The lowest BCUT2D eigenvalue weighted by atomic mass is 9.66. The minimum atomic E-state index is 0.237. The van der Waals surface area contributed by atoms with Gasteiger partial charge in [-0.15, -0.1) is 0 Å². The second-order valence-electron chi connectivity index (χ2n) is 7.49.